The Labute approximate surface area is 132 Å². The van der Waals surface area contributed by atoms with Gasteiger partial charge in [-0.1, -0.05) is 45.7 Å². The molecule has 2 aromatic rings. The molecule has 1 nitrogen and oxygen atoms in total. The number of hydrogen-bond acceptors (Lipinski definition) is 1. The number of benzene rings is 2. The Kier molecular flexibility index (Phi) is 5.19. The van der Waals surface area contributed by atoms with E-state index in [0.29, 0.717) is 0 Å². The molecule has 2 aromatic carbocycles. The zero-order valence-corrected chi connectivity index (χ0v) is 13.7. The Morgan fingerprint density at radius 1 is 1.25 bits per heavy atom. The fourth-order valence-corrected chi connectivity index (χ4v) is 3.16. The van der Waals surface area contributed by atoms with Gasteiger partial charge in [0.1, 0.15) is 5.82 Å². The molecule has 2 rings (SSSR count). The van der Waals surface area contributed by atoms with Crippen LogP contribution in [0.25, 0.3) is 0 Å². The molecule has 0 bridgehead atoms. The summed E-state index contributed by atoms with van der Waals surface area (Å²) >= 11 is 9.44. The molecule has 0 saturated heterocycles. The Morgan fingerprint density at radius 2 is 2.00 bits per heavy atom. The van der Waals surface area contributed by atoms with Crippen LogP contribution in [0.4, 0.5) is 4.39 Å². The SMILES string of the molecule is CNC(Cc1ccc(F)c(Cl)c1)c1ccc(C)cc1Br. The van der Waals surface area contributed by atoms with E-state index in [9.17, 15) is 4.39 Å². The van der Waals surface area contributed by atoms with E-state index in [1.165, 1.54) is 17.2 Å². The van der Waals surface area contributed by atoms with Crippen molar-refractivity contribution in [2.45, 2.75) is 19.4 Å². The lowest BCUT2D eigenvalue weighted by atomic mass is 9.98. The van der Waals surface area contributed by atoms with Crippen LogP contribution in [0.3, 0.4) is 0 Å². The molecule has 4 heteroatoms. The molecule has 0 aromatic heterocycles. The molecule has 0 aliphatic heterocycles. The van der Waals surface area contributed by atoms with Crippen molar-refractivity contribution in [1.82, 2.24) is 5.32 Å². The lowest BCUT2D eigenvalue weighted by Gasteiger charge is -2.19. The Hall–Kier alpha value is -0.900. The van der Waals surface area contributed by atoms with Crippen molar-refractivity contribution in [3.05, 3.63) is 68.4 Å². The number of hydrogen-bond donors (Lipinski definition) is 1. The van der Waals surface area contributed by atoms with Crippen molar-refractivity contribution >= 4 is 27.5 Å². The quantitative estimate of drug-likeness (QED) is 0.808. The number of nitrogens with one attached hydrogen (secondary N) is 1. The van der Waals surface area contributed by atoms with E-state index in [-0.39, 0.29) is 16.9 Å². The van der Waals surface area contributed by atoms with Gasteiger partial charge in [-0.15, -0.1) is 0 Å². The number of halogens is 3. The van der Waals surface area contributed by atoms with Crippen molar-refractivity contribution in [2.75, 3.05) is 7.05 Å². The zero-order valence-electron chi connectivity index (χ0n) is 11.4. The summed E-state index contributed by atoms with van der Waals surface area (Å²) in [5, 5.41) is 3.46. The van der Waals surface area contributed by atoms with Crippen LogP contribution >= 0.6 is 27.5 Å². The van der Waals surface area contributed by atoms with Gasteiger partial charge in [0.05, 0.1) is 5.02 Å². The maximum absolute atomic E-state index is 13.2. The standard InChI is InChI=1S/C16H16BrClFN/c1-10-3-5-12(13(17)7-10)16(20-2)9-11-4-6-15(19)14(18)8-11/h3-8,16,20H,9H2,1-2H3. The van der Waals surface area contributed by atoms with Crippen molar-refractivity contribution in [2.24, 2.45) is 0 Å². The number of rotatable bonds is 4. The maximum atomic E-state index is 13.2. The number of likely N-dealkylation sites (N-methyl/N-ethyl adjacent to an activating group) is 1. The smallest absolute Gasteiger partial charge is 0.141 e. The molecule has 0 heterocycles. The first kappa shape index (κ1) is 15.5. The van der Waals surface area contributed by atoms with Gasteiger partial charge in [0, 0.05) is 10.5 Å². The summed E-state index contributed by atoms with van der Waals surface area (Å²) in [6.07, 6.45) is 0.748. The van der Waals surface area contributed by atoms with E-state index < -0.39 is 0 Å². The Bertz CT molecular complexity index is 615. The fourth-order valence-electron chi connectivity index (χ4n) is 2.18. The normalized spacial score (nSPS) is 12.4. The second-order valence-electron chi connectivity index (χ2n) is 4.82. The molecule has 0 saturated carbocycles. The minimum absolute atomic E-state index is 0.145. The van der Waals surface area contributed by atoms with Crippen molar-refractivity contribution in [1.29, 1.82) is 0 Å². The zero-order chi connectivity index (χ0) is 14.7. The van der Waals surface area contributed by atoms with Gasteiger partial charge in [-0.05, 0) is 55.3 Å². The highest BCUT2D eigenvalue weighted by atomic mass is 79.9. The maximum Gasteiger partial charge on any atom is 0.141 e. The van der Waals surface area contributed by atoms with Crippen LogP contribution < -0.4 is 5.32 Å². The summed E-state index contributed by atoms with van der Waals surface area (Å²) in [6.45, 7) is 2.06. The number of aryl methyl sites for hydroxylation is 1. The minimum Gasteiger partial charge on any atom is -0.313 e. The Morgan fingerprint density at radius 3 is 2.60 bits per heavy atom. The second kappa shape index (κ2) is 6.70. The van der Waals surface area contributed by atoms with Gasteiger partial charge < -0.3 is 5.32 Å². The lowest BCUT2D eigenvalue weighted by molar-refractivity contribution is 0.587. The predicted molar refractivity (Wildman–Crippen MR) is 85.8 cm³/mol. The first-order valence-electron chi connectivity index (χ1n) is 6.38. The van der Waals surface area contributed by atoms with Gasteiger partial charge in [0.15, 0.2) is 0 Å². The third-order valence-corrected chi connectivity index (χ3v) is 4.28. The molecule has 0 fully saturated rings. The van der Waals surface area contributed by atoms with Crippen molar-refractivity contribution < 1.29 is 4.39 Å². The molecule has 20 heavy (non-hydrogen) atoms. The molecule has 0 aliphatic rings. The molecule has 1 atom stereocenters. The monoisotopic (exact) mass is 355 g/mol. The van der Waals surface area contributed by atoms with Crippen molar-refractivity contribution in [3.63, 3.8) is 0 Å². The van der Waals surface area contributed by atoms with Crippen LogP contribution in [0.15, 0.2) is 40.9 Å². The van der Waals surface area contributed by atoms with E-state index in [1.54, 1.807) is 12.1 Å². The van der Waals surface area contributed by atoms with Gasteiger partial charge in [-0.2, -0.15) is 0 Å². The third-order valence-electron chi connectivity index (χ3n) is 3.30. The lowest BCUT2D eigenvalue weighted by Crippen LogP contribution is -2.19. The van der Waals surface area contributed by atoms with Crippen molar-refractivity contribution in [3.8, 4) is 0 Å². The topological polar surface area (TPSA) is 12.0 Å². The van der Waals surface area contributed by atoms with Crippen LogP contribution in [0.2, 0.25) is 5.02 Å². The summed E-state index contributed by atoms with van der Waals surface area (Å²) in [5.74, 6) is -0.382. The van der Waals surface area contributed by atoms with Crippen LogP contribution in [0.5, 0.6) is 0 Å². The molecule has 0 spiro atoms. The van der Waals surface area contributed by atoms with Gasteiger partial charge in [0.25, 0.3) is 0 Å². The van der Waals surface area contributed by atoms with Crippen LogP contribution in [0, 0.1) is 12.7 Å². The second-order valence-corrected chi connectivity index (χ2v) is 6.08. The first-order chi connectivity index (χ1) is 9.51. The van der Waals surface area contributed by atoms with E-state index in [1.807, 2.05) is 7.05 Å². The molecule has 0 aliphatic carbocycles. The predicted octanol–water partition coefficient (Wildman–Crippen LogP) is 5.05. The largest absolute Gasteiger partial charge is 0.313 e. The minimum atomic E-state index is -0.382. The first-order valence-corrected chi connectivity index (χ1v) is 7.55. The van der Waals surface area contributed by atoms with E-state index in [2.05, 4.69) is 46.4 Å². The summed E-state index contributed by atoms with van der Waals surface area (Å²) in [5.41, 5.74) is 3.39. The molecule has 106 valence electrons. The van der Waals surface area contributed by atoms with Gasteiger partial charge >= 0.3 is 0 Å². The highest BCUT2D eigenvalue weighted by Crippen LogP contribution is 2.28. The Balaban J connectivity index is 2.26. The molecule has 0 amide bonds. The molecule has 1 unspecified atom stereocenters. The summed E-state index contributed by atoms with van der Waals surface area (Å²) < 4.78 is 14.3. The summed E-state index contributed by atoms with van der Waals surface area (Å²) in [4.78, 5) is 0. The fraction of sp³-hybridized carbons (Fsp3) is 0.250. The molecule has 0 radical (unpaired) electrons. The highest BCUT2D eigenvalue weighted by Gasteiger charge is 2.14. The van der Waals surface area contributed by atoms with Gasteiger partial charge in [-0.25, -0.2) is 4.39 Å². The van der Waals surface area contributed by atoms with Crippen LogP contribution in [-0.2, 0) is 6.42 Å². The molecule has 1 N–H and O–H groups in total. The average Bonchev–Trinajstić information content (AvgIpc) is 2.41. The summed E-state index contributed by atoms with van der Waals surface area (Å²) in [7, 11) is 1.92. The van der Waals surface area contributed by atoms with Gasteiger partial charge in [0.2, 0.25) is 0 Å². The van der Waals surface area contributed by atoms with Crippen LogP contribution in [-0.4, -0.2) is 7.05 Å². The molecular formula is C16H16BrClFN. The summed E-state index contributed by atoms with van der Waals surface area (Å²) in [6, 6.07) is 11.3. The van der Waals surface area contributed by atoms with E-state index >= 15 is 0 Å². The van der Waals surface area contributed by atoms with Crippen LogP contribution in [0.1, 0.15) is 22.7 Å². The molecular weight excluding hydrogens is 341 g/mol. The van der Waals surface area contributed by atoms with Gasteiger partial charge in [-0.3, -0.25) is 0 Å². The highest BCUT2D eigenvalue weighted by molar-refractivity contribution is 9.10. The van der Waals surface area contributed by atoms with E-state index in [0.717, 1.165) is 16.5 Å². The average molecular weight is 357 g/mol. The van der Waals surface area contributed by atoms with E-state index in [4.69, 9.17) is 11.6 Å². The third kappa shape index (κ3) is 3.60.